The number of aliphatic hydroxyl groups excluding tert-OH is 2. The minimum absolute atomic E-state index is 0.399. The number of aliphatic hydroxyl groups is 2. The number of hydrogen-bond donors (Lipinski definition) is 2. The third kappa shape index (κ3) is 0.634. The highest BCUT2D eigenvalue weighted by Gasteiger charge is 2.45. The van der Waals surface area contributed by atoms with Crippen LogP contribution in [0.15, 0.2) is 0 Å². The van der Waals surface area contributed by atoms with Crippen LogP contribution in [0, 0.1) is 11.8 Å². The minimum atomic E-state index is -0.399. The Balaban J connectivity index is 2.15. The summed E-state index contributed by atoms with van der Waals surface area (Å²) >= 11 is 0. The Morgan fingerprint density at radius 3 is 1.56 bits per heavy atom. The number of fused-ring (bicyclic) bond motifs is 2. The van der Waals surface area contributed by atoms with Gasteiger partial charge in [-0.25, -0.2) is 0 Å². The molecule has 4 atom stereocenters. The van der Waals surface area contributed by atoms with Crippen molar-refractivity contribution in [2.75, 3.05) is 0 Å². The van der Waals surface area contributed by atoms with Crippen LogP contribution in [0.3, 0.4) is 0 Å². The molecule has 2 bridgehead atoms. The summed E-state index contributed by atoms with van der Waals surface area (Å²) < 4.78 is 0. The standard InChI is InChI=1S/C7H12O2/c8-6-4-1-2-5(3-4)7(6)9/h4-9H,1-3H2/t4-,5+,6?,7?. The highest BCUT2D eigenvalue weighted by molar-refractivity contribution is 4.96. The molecular formula is C7H12O2. The number of hydrogen-bond acceptors (Lipinski definition) is 2. The zero-order valence-electron chi connectivity index (χ0n) is 5.33. The summed E-state index contributed by atoms with van der Waals surface area (Å²) in [4.78, 5) is 0. The van der Waals surface area contributed by atoms with Gasteiger partial charge in [0.2, 0.25) is 0 Å². The SMILES string of the molecule is OC1C(O)[C@H]2CC[C@@H]1C2. The summed E-state index contributed by atoms with van der Waals surface area (Å²) in [5.74, 6) is 0.843. The van der Waals surface area contributed by atoms with Gasteiger partial charge in [0, 0.05) is 0 Å². The molecule has 0 aromatic heterocycles. The normalized spacial score (nSPS) is 56.7. The van der Waals surface area contributed by atoms with E-state index in [0.717, 1.165) is 19.3 Å². The predicted molar refractivity (Wildman–Crippen MR) is 32.8 cm³/mol. The molecule has 2 N–H and O–H groups in total. The number of rotatable bonds is 0. The average Bonchev–Trinajstić information content (AvgIpc) is 2.37. The second-order valence-electron chi connectivity index (χ2n) is 3.31. The van der Waals surface area contributed by atoms with E-state index in [-0.39, 0.29) is 0 Å². The second-order valence-corrected chi connectivity index (χ2v) is 3.31. The van der Waals surface area contributed by atoms with Gasteiger partial charge >= 0.3 is 0 Å². The summed E-state index contributed by atoms with van der Waals surface area (Å²) in [6, 6.07) is 0. The van der Waals surface area contributed by atoms with E-state index >= 15 is 0 Å². The van der Waals surface area contributed by atoms with Crippen LogP contribution in [-0.2, 0) is 0 Å². The summed E-state index contributed by atoms with van der Waals surface area (Å²) in [7, 11) is 0. The molecule has 9 heavy (non-hydrogen) atoms. The van der Waals surface area contributed by atoms with Gasteiger partial charge in [-0.3, -0.25) is 0 Å². The Bertz CT molecular complexity index is 106. The van der Waals surface area contributed by atoms with Gasteiger partial charge in [0.15, 0.2) is 0 Å². The lowest BCUT2D eigenvalue weighted by Crippen LogP contribution is -2.31. The summed E-state index contributed by atoms with van der Waals surface area (Å²) in [6.45, 7) is 0. The van der Waals surface area contributed by atoms with Crippen molar-refractivity contribution in [2.24, 2.45) is 11.8 Å². The Labute approximate surface area is 54.5 Å². The summed E-state index contributed by atoms with van der Waals surface area (Å²) in [6.07, 6.45) is 2.51. The van der Waals surface area contributed by atoms with E-state index in [1.54, 1.807) is 0 Å². The zero-order chi connectivity index (χ0) is 6.43. The molecular weight excluding hydrogens is 116 g/mol. The Morgan fingerprint density at radius 1 is 0.889 bits per heavy atom. The maximum absolute atomic E-state index is 9.24. The van der Waals surface area contributed by atoms with E-state index in [0.29, 0.717) is 11.8 Å². The van der Waals surface area contributed by atoms with Gasteiger partial charge in [-0.2, -0.15) is 0 Å². The van der Waals surface area contributed by atoms with Gasteiger partial charge < -0.3 is 10.2 Å². The summed E-state index contributed by atoms with van der Waals surface area (Å²) in [5.41, 5.74) is 0. The zero-order valence-corrected chi connectivity index (χ0v) is 5.33. The van der Waals surface area contributed by atoms with E-state index in [2.05, 4.69) is 0 Å². The van der Waals surface area contributed by atoms with Crippen LogP contribution < -0.4 is 0 Å². The van der Waals surface area contributed by atoms with Gasteiger partial charge in [-0.05, 0) is 31.1 Å². The van der Waals surface area contributed by atoms with Crippen molar-refractivity contribution in [2.45, 2.75) is 31.5 Å². The van der Waals surface area contributed by atoms with Gasteiger partial charge in [-0.15, -0.1) is 0 Å². The fraction of sp³-hybridized carbons (Fsp3) is 1.00. The molecule has 0 aromatic rings. The van der Waals surface area contributed by atoms with Crippen molar-refractivity contribution in [1.82, 2.24) is 0 Å². The molecule has 2 saturated carbocycles. The van der Waals surface area contributed by atoms with Crippen LogP contribution in [-0.4, -0.2) is 22.4 Å². The fourth-order valence-electron chi connectivity index (χ4n) is 2.23. The molecule has 52 valence electrons. The van der Waals surface area contributed by atoms with E-state index < -0.39 is 12.2 Å². The smallest absolute Gasteiger partial charge is 0.0830 e. The molecule has 0 spiro atoms. The maximum atomic E-state index is 9.24. The predicted octanol–water partition coefficient (Wildman–Crippen LogP) is 0.138. The molecule has 2 fully saturated rings. The molecule has 0 aliphatic heterocycles. The first kappa shape index (κ1) is 5.69. The molecule has 0 heterocycles. The van der Waals surface area contributed by atoms with Crippen LogP contribution >= 0.6 is 0 Å². The lowest BCUT2D eigenvalue weighted by molar-refractivity contribution is -0.0160. The fourth-order valence-corrected chi connectivity index (χ4v) is 2.23. The quantitative estimate of drug-likeness (QED) is 0.487. The van der Waals surface area contributed by atoms with Crippen molar-refractivity contribution in [3.8, 4) is 0 Å². The van der Waals surface area contributed by atoms with Crippen LogP contribution in [0.5, 0.6) is 0 Å². The second kappa shape index (κ2) is 1.70. The highest BCUT2D eigenvalue weighted by atomic mass is 16.3. The molecule has 0 amide bonds. The molecule has 2 aliphatic rings. The lowest BCUT2D eigenvalue weighted by Gasteiger charge is -2.21. The largest absolute Gasteiger partial charge is 0.390 e. The third-order valence-electron chi connectivity index (χ3n) is 2.83. The molecule has 0 aromatic carbocycles. The van der Waals surface area contributed by atoms with Gasteiger partial charge in [0.1, 0.15) is 0 Å². The monoisotopic (exact) mass is 128 g/mol. The van der Waals surface area contributed by atoms with Gasteiger partial charge in [-0.1, -0.05) is 0 Å². The molecule has 2 rings (SSSR count). The van der Waals surface area contributed by atoms with Crippen LogP contribution in [0.4, 0.5) is 0 Å². The molecule has 0 radical (unpaired) electrons. The van der Waals surface area contributed by atoms with Crippen molar-refractivity contribution < 1.29 is 10.2 Å². The molecule has 2 nitrogen and oxygen atoms in total. The lowest BCUT2D eigenvalue weighted by atomic mass is 9.95. The van der Waals surface area contributed by atoms with Crippen LogP contribution in [0.1, 0.15) is 19.3 Å². The third-order valence-corrected chi connectivity index (χ3v) is 2.83. The van der Waals surface area contributed by atoms with E-state index in [1.165, 1.54) is 0 Å². The average molecular weight is 128 g/mol. The Hall–Kier alpha value is -0.0800. The minimum Gasteiger partial charge on any atom is -0.390 e. The first-order chi connectivity index (χ1) is 4.29. The first-order valence-electron chi connectivity index (χ1n) is 3.65. The van der Waals surface area contributed by atoms with E-state index in [4.69, 9.17) is 0 Å². The van der Waals surface area contributed by atoms with Crippen molar-refractivity contribution in [3.05, 3.63) is 0 Å². The van der Waals surface area contributed by atoms with Crippen molar-refractivity contribution >= 4 is 0 Å². The van der Waals surface area contributed by atoms with Crippen LogP contribution in [0.25, 0.3) is 0 Å². The van der Waals surface area contributed by atoms with Crippen molar-refractivity contribution in [3.63, 3.8) is 0 Å². The van der Waals surface area contributed by atoms with Crippen molar-refractivity contribution in [1.29, 1.82) is 0 Å². The Kier molecular flexibility index (Phi) is 1.08. The highest BCUT2D eigenvalue weighted by Crippen LogP contribution is 2.44. The Morgan fingerprint density at radius 2 is 1.33 bits per heavy atom. The van der Waals surface area contributed by atoms with Crippen LogP contribution in [0.2, 0.25) is 0 Å². The summed E-state index contributed by atoms with van der Waals surface area (Å²) in [5, 5.41) is 18.5. The molecule has 0 saturated heterocycles. The first-order valence-corrected chi connectivity index (χ1v) is 3.65. The van der Waals surface area contributed by atoms with Gasteiger partial charge in [0.05, 0.1) is 12.2 Å². The molecule has 2 unspecified atom stereocenters. The maximum Gasteiger partial charge on any atom is 0.0830 e. The van der Waals surface area contributed by atoms with E-state index in [9.17, 15) is 10.2 Å². The molecule has 2 aliphatic carbocycles. The van der Waals surface area contributed by atoms with E-state index in [1.807, 2.05) is 0 Å². The molecule has 2 heteroatoms. The topological polar surface area (TPSA) is 40.5 Å². The van der Waals surface area contributed by atoms with Gasteiger partial charge in [0.25, 0.3) is 0 Å².